The van der Waals surface area contributed by atoms with E-state index in [9.17, 15) is 102 Å². The Morgan fingerprint density at radius 1 is 0.687 bits per heavy atom. The van der Waals surface area contributed by atoms with E-state index < -0.39 is 189 Å². The van der Waals surface area contributed by atoms with Gasteiger partial charge in [0, 0.05) is 14.0 Å². The second-order valence-electron chi connectivity index (χ2n) is 13.6. The summed E-state index contributed by atoms with van der Waals surface area (Å²) in [4.78, 5) is 59.2. The first kappa shape index (κ1) is 58.1. The molecule has 10 unspecified atom stereocenters. The third-order valence-corrected chi connectivity index (χ3v) is 10.9. The van der Waals surface area contributed by atoms with Gasteiger partial charge in [-0.15, -0.1) is 0 Å². The van der Waals surface area contributed by atoms with Gasteiger partial charge in [0.15, 0.2) is 49.8 Å². The van der Waals surface area contributed by atoms with Crippen LogP contribution < -0.4 is 10.0 Å². The van der Waals surface area contributed by atoms with E-state index in [0.29, 0.717) is 0 Å². The molecular weight excluding hydrogens is 1020 g/mol. The lowest BCUT2D eigenvalue weighted by atomic mass is 9.94. The van der Waals surface area contributed by atoms with Gasteiger partial charge in [0.1, 0.15) is 67.0 Å². The maximum absolute atomic E-state index is 12.7. The molecule has 12 N–H and O–H groups in total. The zero-order valence-electron chi connectivity index (χ0n) is 33.4. The van der Waals surface area contributed by atoms with Crippen LogP contribution in [-0.4, -0.2) is 244 Å². The highest BCUT2D eigenvalue weighted by molar-refractivity contribution is 7.83. The molecule has 3 fully saturated rings. The summed E-state index contributed by atoms with van der Waals surface area (Å²) in [7, 11) is -21.5. The lowest BCUT2D eigenvalue weighted by molar-refractivity contribution is -0.361. The highest BCUT2D eigenvalue weighted by Crippen LogP contribution is 2.35. The summed E-state index contributed by atoms with van der Waals surface area (Å²) < 4.78 is 188. The van der Waals surface area contributed by atoms with Crippen molar-refractivity contribution in [2.24, 2.45) is 0 Å². The number of carbonyl (C=O) groups is 5. The number of aliphatic hydroxyl groups is 4. The molecule has 18 atom stereocenters. The molecule has 388 valence electrons. The van der Waals surface area contributed by atoms with Gasteiger partial charge in [0.05, 0.1) is 13.2 Å². The summed E-state index contributed by atoms with van der Waals surface area (Å²) in [5, 5.41) is 65.6. The van der Waals surface area contributed by atoms with Gasteiger partial charge in [0.2, 0.25) is 12.2 Å². The predicted octanol–water partition coefficient (Wildman–Crippen LogP) is -9.22. The molecule has 40 heteroatoms. The van der Waals surface area contributed by atoms with Gasteiger partial charge in [-0.3, -0.25) is 27.8 Å². The Balaban J connectivity index is 2.14. The number of nitrogens with one attached hydrogen (secondary N) is 2. The normalized spacial score (nSPS) is 34.6. The van der Waals surface area contributed by atoms with Crippen molar-refractivity contribution in [2.45, 2.75) is 117 Å². The third-order valence-electron chi connectivity index (χ3n) is 8.95. The molecule has 3 aliphatic heterocycles. The zero-order chi connectivity index (χ0) is 51.1. The zero-order valence-corrected chi connectivity index (χ0v) is 36.6. The van der Waals surface area contributed by atoms with E-state index in [1.54, 1.807) is 0 Å². The summed E-state index contributed by atoms with van der Waals surface area (Å²) in [6, 6.07) is -4.41. The fourth-order valence-electron chi connectivity index (χ4n) is 6.34. The first-order chi connectivity index (χ1) is 30.7. The van der Waals surface area contributed by atoms with E-state index in [4.69, 9.17) is 42.4 Å². The SMILES string of the molecule is CO[C@@H]1OC(COS(=O)(=O)O)[C@@H](O[C@@H]2OC(C(=O)O)[C@@H](O[C@@H]3OC(COS(=O)(=O)O)[C@@H](O[C@@H](C=O)OC(C(=O)O)[C@@H](O)C=O)C(O)C3NS(=O)(=O)O)C(O)C2OS(=O)(=O)O)C(O)C1NC(C)=O. The maximum Gasteiger partial charge on any atom is 0.397 e. The van der Waals surface area contributed by atoms with E-state index in [1.807, 2.05) is 0 Å². The van der Waals surface area contributed by atoms with E-state index in [-0.39, 0.29) is 6.29 Å². The summed E-state index contributed by atoms with van der Waals surface area (Å²) in [5.74, 6) is -5.26. The van der Waals surface area contributed by atoms with Gasteiger partial charge in [-0.25, -0.2) is 22.1 Å². The van der Waals surface area contributed by atoms with Crippen molar-refractivity contribution in [3.05, 3.63) is 0 Å². The largest absolute Gasteiger partial charge is 0.479 e. The van der Waals surface area contributed by atoms with Crippen molar-refractivity contribution < 1.29 is 157 Å². The summed E-state index contributed by atoms with van der Waals surface area (Å²) >= 11 is 0. The van der Waals surface area contributed by atoms with Crippen LogP contribution in [0.3, 0.4) is 0 Å². The van der Waals surface area contributed by atoms with Crippen LogP contribution in [0.5, 0.6) is 0 Å². The van der Waals surface area contributed by atoms with Gasteiger partial charge in [-0.1, -0.05) is 0 Å². The third kappa shape index (κ3) is 17.0. The number of amides is 1. The Morgan fingerprint density at radius 3 is 1.66 bits per heavy atom. The Kier molecular flexibility index (Phi) is 20.4. The number of aldehydes is 2. The molecule has 3 saturated heterocycles. The minimum atomic E-state index is -5.89. The van der Waals surface area contributed by atoms with Crippen LogP contribution in [0, 0.1) is 0 Å². The van der Waals surface area contributed by atoms with E-state index in [2.05, 4.69) is 17.9 Å². The molecule has 67 heavy (non-hydrogen) atoms. The molecule has 0 radical (unpaired) electrons. The minimum absolute atomic E-state index is 0.378. The number of carboxylic acid groups (broad SMARTS) is 2. The molecule has 1 amide bonds. The molecule has 0 aromatic carbocycles. The molecule has 36 nitrogen and oxygen atoms in total. The van der Waals surface area contributed by atoms with Crippen LogP contribution in [0.2, 0.25) is 0 Å². The minimum Gasteiger partial charge on any atom is -0.479 e. The van der Waals surface area contributed by atoms with Crippen molar-refractivity contribution in [3.63, 3.8) is 0 Å². The van der Waals surface area contributed by atoms with Gasteiger partial charge >= 0.3 is 53.4 Å². The van der Waals surface area contributed by atoms with E-state index in [0.717, 1.165) is 14.0 Å². The summed E-state index contributed by atoms with van der Waals surface area (Å²) in [6.45, 7) is -2.01. The maximum atomic E-state index is 12.7. The first-order valence-electron chi connectivity index (χ1n) is 17.8. The molecule has 0 aliphatic carbocycles. The number of hydrogen-bond donors (Lipinski definition) is 12. The highest BCUT2D eigenvalue weighted by atomic mass is 32.3. The van der Waals surface area contributed by atoms with Crippen molar-refractivity contribution in [2.75, 3.05) is 20.3 Å². The van der Waals surface area contributed by atoms with Crippen molar-refractivity contribution in [3.8, 4) is 0 Å². The average molecular weight is 1070 g/mol. The number of aliphatic carboxylic acids is 2. The number of carbonyl (C=O) groups excluding carboxylic acids is 3. The molecule has 3 aliphatic rings. The second kappa shape index (κ2) is 23.6. The number of carboxylic acids is 2. The first-order valence-corrected chi connectivity index (χ1v) is 23.3. The number of methoxy groups -OCH3 is 1. The van der Waals surface area contributed by atoms with Crippen LogP contribution in [-0.2, 0) is 116 Å². The van der Waals surface area contributed by atoms with Gasteiger partial charge < -0.3 is 78.6 Å². The Morgan fingerprint density at radius 2 is 1.21 bits per heavy atom. The molecule has 0 saturated carbocycles. The van der Waals surface area contributed by atoms with Crippen molar-refractivity contribution >= 4 is 71.9 Å². The second-order valence-corrected chi connectivity index (χ2v) is 18.1. The summed E-state index contributed by atoms with van der Waals surface area (Å²) in [5.41, 5.74) is 0. The Labute approximate surface area is 375 Å². The van der Waals surface area contributed by atoms with Gasteiger partial charge in [-0.05, 0) is 0 Å². The molecule has 0 aromatic heterocycles. The van der Waals surface area contributed by atoms with Crippen LogP contribution >= 0.6 is 0 Å². The molecule has 0 spiro atoms. The van der Waals surface area contributed by atoms with Gasteiger partial charge in [-0.2, -0.15) is 38.4 Å². The Hall–Kier alpha value is -3.25. The topological polar surface area (TPSA) is 550 Å². The molecule has 3 heterocycles. The molecular formula is C27H42N2O34S4. The summed E-state index contributed by atoms with van der Waals surface area (Å²) in [6.07, 6.45) is -41.6. The molecule has 0 aromatic rings. The molecule has 0 bridgehead atoms. The number of rotatable bonds is 25. The van der Waals surface area contributed by atoms with E-state index >= 15 is 0 Å². The van der Waals surface area contributed by atoms with Crippen LogP contribution in [0.1, 0.15) is 6.92 Å². The highest BCUT2D eigenvalue weighted by Gasteiger charge is 2.58. The molecule has 3 rings (SSSR count). The lowest BCUT2D eigenvalue weighted by Gasteiger charge is -2.49. The van der Waals surface area contributed by atoms with Crippen LogP contribution in [0.25, 0.3) is 0 Å². The quantitative estimate of drug-likeness (QED) is 0.0229. The number of ether oxygens (including phenoxy) is 8. The Bertz CT molecular complexity index is 2190. The smallest absolute Gasteiger partial charge is 0.397 e. The monoisotopic (exact) mass is 1070 g/mol. The fourth-order valence-corrected chi connectivity index (χ4v) is 8.04. The fraction of sp³-hybridized carbons (Fsp3) is 0.815. The average Bonchev–Trinajstić information content (AvgIpc) is 3.18. The van der Waals surface area contributed by atoms with Crippen LogP contribution in [0.15, 0.2) is 0 Å². The van der Waals surface area contributed by atoms with Crippen molar-refractivity contribution in [1.82, 2.24) is 10.0 Å². The number of aliphatic hydroxyl groups excluding tert-OH is 4. The van der Waals surface area contributed by atoms with Crippen LogP contribution in [0.4, 0.5) is 0 Å². The standard InChI is InChI=1S/C27H42N2O34S4/c1-7(32)28-12-14(34)19(10(56-25(12)53-2)6-55-66(47,48)49)60-27-21(63-67(50,51)52)16(36)20(22(62-27)24(39)40)61-26-13(29-64(41,42)43)15(35)18(9(57-26)5-54-65(44,45)46)59-11(4-31)58-17(23(37)38)8(33)3-30/h3-4,8-22,25-27,29,33-36H,5-6H2,1-2H3,(H,28,32)(H,37,38)(H,39,40)(H,41,42,43)(H,44,45,46)(H,47,48,49)(H,50,51,52)/t8-,9?,10?,11-,12?,13?,14?,15?,16?,17?,18+,19+,20-,21?,22?,25+,26-,27+/m0/s1. The van der Waals surface area contributed by atoms with Gasteiger partial charge in [0.25, 0.3) is 0 Å². The number of hydrogen-bond acceptors (Lipinski definition) is 28. The van der Waals surface area contributed by atoms with E-state index in [1.165, 1.54) is 4.72 Å². The lowest BCUT2D eigenvalue weighted by Crippen LogP contribution is -2.70. The van der Waals surface area contributed by atoms with Crippen molar-refractivity contribution in [1.29, 1.82) is 0 Å². The predicted molar refractivity (Wildman–Crippen MR) is 195 cm³/mol.